The highest BCUT2D eigenvalue weighted by Gasteiger charge is 2.28. The zero-order valence-corrected chi connectivity index (χ0v) is 12.3. The number of aromatic nitrogens is 2. The van der Waals surface area contributed by atoms with Gasteiger partial charge in [0.15, 0.2) is 0 Å². The summed E-state index contributed by atoms with van der Waals surface area (Å²) in [5.41, 5.74) is 1.27. The van der Waals surface area contributed by atoms with Gasteiger partial charge in [-0.3, -0.25) is 0 Å². The summed E-state index contributed by atoms with van der Waals surface area (Å²) >= 11 is 12.0. The number of halogens is 3. The Balaban J connectivity index is 1.96. The summed E-state index contributed by atoms with van der Waals surface area (Å²) in [6.07, 6.45) is 2.18. The average molecular weight is 312 g/mol. The first kappa shape index (κ1) is 13.6. The van der Waals surface area contributed by atoms with E-state index in [4.69, 9.17) is 23.2 Å². The molecule has 20 heavy (non-hydrogen) atoms. The molecule has 0 saturated heterocycles. The van der Waals surface area contributed by atoms with E-state index in [-0.39, 0.29) is 0 Å². The molecule has 1 aliphatic rings. The molecule has 1 heterocycles. The fraction of sp³-hybridized carbons (Fsp3) is 0.286. The van der Waals surface area contributed by atoms with E-state index in [0.29, 0.717) is 27.6 Å². The fourth-order valence-corrected chi connectivity index (χ4v) is 2.31. The minimum absolute atomic E-state index is 0.327. The quantitative estimate of drug-likeness (QED) is 0.823. The van der Waals surface area contributed by atoms with E-state index in [9.17, 15) is 4.39 Å². The second kappa shape index (κ2) is 5.19. The summed E-state index contributed by atoms with van der Waals surface area (Å²) in [5, 5.41) is 3.81. The van der Waals surface area contributed by atoms with Crippen LogP contribution in [-0.2, 0) is 0 Å². The largest absolute Gasteiger partial charge is 0.340 e. The number of nitrogens with one attached hydrogen (secondary N) is 1. The van der Waals surface area contributed by atoms with Crippen molar-refractivity contribution in [2.24, 2.45) is 0 Å². The van der Waals surface area contributed by atoms with Gasteiger partial charge in [0.25, 0.3) is 0 Å². The van der Waals surface area contributed by atoms with Gasteiger partial charge in [-0.05, 0) is 38.0 Å². The van der Waals surface area contributed by atoms with Crippen molar-refractivity contribution in [2.75, 3.05) is 5.32 Å². The van der Waals surface area contributed by atoms with Gasteiger partial charge in [0.2, 0.25) is 0 Å². The summed E-state index contributed by atoms with van der Waals surface area (Å²) < 4.78 is 13.3. The first-order valence-electron chi connectivity index (χ1n) is 6.30. The fourth-order valence-electron chi connectivity index (χ4n) is 1.91. The third-order valence-corrected chi connectivity index (χ3v) is 3.76. The zero-order chi connectivity index (χ0) is 14.3. The van der Waals surface area contributed by atoms with Gasteiger partial charge in [0.05, 0.1) is 0 Å². The smallest absolute Gasteiger partial charge is 0.138 e. The van der Waals surface area contributed by atoms with Crippen molar-refractivity contribution >= 4 is 34.7 Å². The van der Waals surface area contributed by atoms with E-state index >= 15 is 0 Å². The van der Waals surface area contributed by atoms with Gasteiger partial charge in [-0.2, -0.15) is 0 Å². The minimum Gasteiger partial charge on any atom is -0.340 e. The van der Waals surface area contributed by atoms with Crippen molar-refractivity contribution in [1.82, 2.24) is 9.97 Å². The molecule has 1 saturated carbocycles. The monoisotopic (exact) mass is 311 g/mol. The van der Waals surface area contributed by atoms with Crippen LogP contribution in [0.25, 0.3) is 0 Å². The number of rotatable bonds is 3. The molecule has 1 N–H and O–H groups in total. The maximum absolute atomic E-state index is 13.3. The number of hydrogen-bond acceptors (Lipinski definition) is 3. The standard InChI is InChI=1S/C14H12Cl2FN3/c1-7-12(16)19-14(8-2-3-8)20-13(7)18-11-5-9(15)4-10(17)6-11/h4-6,8H,2-3H2,1H3,(H,18,19,20). The second-order valence-electron chi connectivity index (χ2n) is 4.90. The lowest BCUT2D eigenvalue weighted by Crippen LogP contribution is -2.03. The van der Waals surface area contributed by atoms with Crippen molar-refractivity contribution in [3.8, 4) is 0 Å². The van der Waals surface area contributed by atoms with E-state index in [1.165, 1.54) is 12.1 Å². The van der Waals surface area contributed by atoms with E-state index in [1.54, 1.807) is 6.07 Å². The van der Waals surface area contributed by atoms with Crippen LogP contribution in [0.2, 0.25) is 10.2 Å². The Kier molecular flexibility index (Phi) is 3.52. The summed E-state index contributed by atoms with van der Waals surface area (Å²) in [4.78, 5) is 8.76. The summed E-state index contributed by atoms with van der Waals surface area (Å²) in [7, 11) is 0. The molecule has 2 aromatic rings. The van der Waals surface area contributed by atoms with Gasteiger partial charge < -0.3 is 5.32 Å². The van der Waals surface area contributed by atoms with Gasteiger partial charge in [0.1, 0.15) is 22.6 Å². The highest BCUT2D eigenvalue weighted by molar-refractivity contribution is 6.31. The molecule has 0 radical (unpaired) electrons. The molecule has 3 nitrogen and oxygen atoms in total. The third-order valence-electron chi connectivity index (χ3n) is 3.17. The molecule has 1 aromatic carbocycles. The lowest BCUT2D eigenvalue weighted by atomic mass is 10.2. The molecule has 6 heteroatoms. The van der Waals surface area contributed by atoms with Crippen LogP contribution < -0.4 is 5.32 Å². The Bertz CT molecular complexity index is 651. The molecule has 0 amide bonds. The van der Waals surface area contributed by atoms with Gasteiger partial charge in [-0.25, -0.2) is 14.4 Å². The number of nitrogens with zero attached hydrogens (tertiary/aromatic N) is 2. The predicted molar refractivity (Wildman–Crippen MR) is 78.4 cm³/mol. The van der Waals surface area contributed by atoms with E-state index in [1.807, 2.05) is 6.92 Å². The Morgan fingerprint density at radius 2 is 1.95 bits per heavy atom. The second-order valence-corrected chi connectivity index (χ2v) is 5.70. The molecule has 1 aliphatic carbocycles. The van der Waals surface area contributed by atoms with E-state index in [2.05, 4.69) is 15.3 Å². The van der Waals surface area contributed by atoms with Crippen molar-refractivity contribution in [2.45, 2.75) is 25.7 Å². The molecule has 1 fully saturated rings. The van der Waals surface area contributed by atoms with Crippen LogP contribution in [-0.4, -0.2) is 9.97 Å². The maximum atomic E-state index is 13.3. The number of anilines is 2. The normalized spacial score (nSPS) is 14.4. The molecular weight excluding hydrogens is 300 g/mol. The molecular formula is C14H12Cl2FN3. The maximum Gasteiger partial charge on any atom is 0.138 e. The van der Waals surface area contributed by atoms with Crippen LogP contribution in [0.15, 0.2) is 18.2 Å². The molecule has 0 unspecified atom stereocenters. The number of benzene rings is 1. The van der Waals surface area contributed by atoms with Crippen LogP contribution in [0.4, 0.5) is 15.9 Å². The third kappa shape index (κ3) is 2.86. The SMILES string of the molecule is Cc1c(Cl)nc(C2CC2)nc1Nc1cc(F)cc(Cl)c1. The molecule has 104 valence electrons. The van der Waals surface area contributed by atoms with E-state index < -0.39 is 5.82 Å². The van der Waals surface area contributed by atoms with Crippen LogP contribution >= 0.6 is 23.2 Å². The molecule has 1 aromatic heterocycles. The molecule has 0 aliphatic heterocycles. The van der Waals surface area contributed by atoms with Crippen LogP contribution in [0.1, 0.15) is 30.1 Å². The van der Waals surface area contributed by atoms with Crippen molar-refractivity contribution in [3.05, 3.63) is 45.6 Å². The molecule has 0 bridgehead atoms. The van der Waals surface area contributed by atoms with Gasteiger partial charge in [0, 0.05) is 22.2 Å². The van der Waals surface area contributed by atoms with Crippen molar-refractivity contribution in [1.29, 1.82) is 0 Å². The topological polar surface area (TPSA) is 37.8 Å². The zero-order valence-electron chi connectivity index (χ0n) is 10.8. The average Bonchev–Trinajstić information content (AvgIpc) is 3.17. The van der Waals surface area contributed by atoms with Gasteiger partial charge in [-0.1, -0.05) is 23.2 Å². The lowest BCUT2D eigenvalue weighted by molar-refractivity contribution is 0.628. The van der Waals surface area contributed by atoms with Crippen LogP contribution in [0, 0.1) is 12.7 Å². The minimum atomic E-state index is -0.403. The molecule has 0 atom stereocenters. The van der Waals surface area contributed by atoms with Crippen molar-refractivity contribution < 1.29 is 4.39 Å². The Labute approximate surface area is 126 Å². The van der Waals surface area contributed by atoms with Crippen LogP contribution in [0.3, 0.4) is 0 Å². The Hall–Kier alpha value is -1.39. The first-order chi connectivity index (χ1) is 9.52. The first-order valence-corrected chi connectivity index (χ1v) is 7.05. The summed E-state index contributed by atoms with van der Waals surface area (Å²) in [6, 6.07) is 4.25. The van der Waals surface area contributed by atoms with E-state index in [0.717, 1.165) is 24.2 Å². The van der Waals surface area contributed by atoms with Crippen molar-refractivity contribution in [3.63, 3.8) is 0 Å². The number of hydrogen-bond donors (Lipinski definition) is 1. The highest BCUT2D eigenvalue weighted by atomic mass is 35.5. The molecule has 0 spiro atoms. The lowest BCUT2D eigenvalue weighted by Gasteiger charge is -2.11. The summed E-state index contributed by atoms with van der Waals surface area (Å²) in [5.74, 6) is 1.32. The summed E-state index contributed by atoms with van der Waals surface area (Å²) in [6.45, 7) is 1.82. The predicted octanol–water partition coefficient (Wildman–Crippen LogP) is 4.85. The molecule has 3 rings (SSSR count). The Morgan fingerprint density at radius 3 is 2.60 bits per heavy atom. The van der Waals surface area contributed by atoms with Gasteiger partial charge >= 0.3 is 0 Å². The highest BCUT2D eigenvalue weighted by Crippen LogP contribution is 2.39. The van der Waals surface area contributed by atoms with Gasteiger partial charge in [-0.15, -0.1) is 0 Å². The Morgan fingerprint density at radius 1 is 1.20 bits per heavy atom. The van der Waals surface area contributed by atoms with Crippen LogP contribution in [0.5, 0.6) is 0 Å².